The van der Waals surface area contributed by atoms with Gasteiger partial charge in [0.2, 0.25) is 0 Å². The summed E-state index contributed by atoms with van der Waals surface area (Å²) in [6, 6.07) is 0. The fraction of sp³-hybridized carbons (Fsp3) is 1.00. The first kappa shape index (κ1) is 9.30. The summed E-state index contributed by atoms with van der Waals surface area (Å²) in [6.45, 7) is 3.23. The van der Waals surface area contributed by atoms with Crippen molar-refractivity contribution in [3.05, 3.63) is 0 Å². The molecule has 0 aromatic carbocycles. The molecule has 0 bridgehead atoms. The summed E-state index contributed by atoms with van der Waals surface area (Å²) < 4.78 is 5.76. The Hall–Kier alpha value is 0.210. The molecule has 1 spiro atoms. The van der Waals surface area contributed by atoms with Crippen molar-refractivity contribution in [1.82, 2.24) is 5.32 Å². The van der Waals surface area contributed by atoms with Crippen LogP contribution in [0.5, 0.6) is 0 Å². The number of rotatable bonds is 0. The van der Waals surface area contributed by atoms with Gasteiger partial charge in [-0.3, -0.25) is 0 Å². The summed E-state index contributed by atoms with van der Waals surface area (Å²) in [5.74, 6) is 0. The molecule has 0 amide bonds. The Labute approximate surface area is 74.1 Å². The van der Waals surface area contributed by atoms with Crippen LogP contribution in [-0.4, -0.2) is 25.3 Å². The summed E-state index contributed by atoms with van der Waals surface area (Å²) in [4.78, 5) is 0. The van der Waals surface area contributed by atoms with Gasteiger partial charge in [0, 0.05) is 13.2 Å². The van der Waals surface area contributed by atoms with Crippen molar-refractivity contribution in [3.63, 3.8) is 0 Å². The highest BCUT2D eigenvalue weighted by molar-refractivity contribution is 5.85. The average molecular weight is 178 g/mol. The third-order valence-corrected chi connectivity index (χ3v) is 2.64. The van der Waals surface area contributed by atoms with Gasteiger partial charge in [0.1, 0.15) is 0 Å². The molecule has 2 nitrogen and oxygen atoms in total. The minimum Gasteiger partial charge on any atom is -0.374 e. The summed E-state index contributed by atoms with van der Waals surface area (Å²) in [5.41, 5.74) is 0.262. The molecule has 66 valence electrons. The van der Waals surface area contributed by atoms with Gasteiger partial charge < -0.3 is 10.1 Å². The van der Waals surface area contributed by atoms with Crippen molar-refractivity contribution in [1.29, 1.82) is 0 Å². The molecule has 2 rings (SSSR count). The van der Waals surface area contributed by atoms with Crippen LogP contribution >= 0.6 is 12.4 Å². The van der Waals surface area contributed by atoms with Crippen LogP contribution in [0.15, 0.2) is 0 Å². The first-order chi connectivity index (χ1) is 4.91. The lowest BCUT2D eigenvalue weighted by atomic mass is 9.93. The normalized spacial score (nSPS) is 37.1. The number of hydrogen-bond donors (Lipinski definition) is 1. The molecule has 1 atom stereocenters. The number of hydrogen-bond acceptors (Lipinski definition) is 2. The molecule has 2 aliphatic rings. The molecule has 0 aromatic heterocycles. The Balaban J connectivity index is 0.000000605. The first-order valence-electron chi connectivity index (χ1n) is 4.26. The van der Waals surface area contributed by atoms with Crippen LogP contribution in [0.2, 0.25) is 0 Å². The molecule has 2 saturated heterocycles. The molecule has 11 heavy (non-hydrogen) atoms. The van der Waals surface area contributed by atoms with Gasteiger partial charge in [-0.25, -0.2) is 0 Å². The Morgan fingerprint density at radius 1 is 1.18 bits per heavy atom. The third kappa shape index (κ3) is 1.86. The van der Waals surface area contributed by atoms with Gasteiger partial charge in [0.15, 0.2) is 0 Å². The molecule has 2 fully saturated rings. The van der Waals surface area contributed by atoms with Crippen LogP contribution in [0.25, 0.3) is 0 Å². The smallest absolute Gasteiger partial charge is 0.0818 e. The third-order valence-electron chi connectivity index (χ3n) is 2.64. The Morgan fingerprint density at radius 2 is 2.09 bits per heavy atom. The van der Waals surface area contributed by atoms with E-state index < -0.39 is 0 Å². The highest BCUT2D eigenvalue weighted by Crippen LogP contribution is 2.29. The van der Waals surface area contributed by atoms with Gasteiger partial charge in [0.05, 0.1) is 5.60 Å². The molecule has 1 N–H and O–H groups in total. The molecule has 0 aromatic rings. The van der Waals surface area contributed by atoms with Crippen LogP contribution in [-0.2, 0) is 4.74 Å². The zero-order valence-electron chi connectivity index (χ0n) is 6.77. The SMILES string of the molecule is C1CCC2(CCNC2)OC1.Cl. The maximum absolute atomic E-state index is 5.76. The van der Waals surface area contributed by atoms with Gasteiger partial charge in [-0.2, -0.15) is 0 Å². The first-order valence-corrected chi connectivity index (χ1v) is 4.26. The van der Waals surface area contributed by atoms with E-state index in [-0.39, 0.29) is 18.0 Å². The van der Waals surface area contributed by atoms with E-state index in [0.717, 1.165) is 19.7 Å². The molecule has 1 unspecified atom stereocenters. The van der Waals surface area contributed by atoms with E-state index in [1.54, 1.807) is 0 Å². The molecular formula is C8H16ClNO. The topological polar surface area (TPSA) is 21.3 Å². The average Bonchev–Trinajstić information content (AvgIpc) is 2.39. The highest BCUT2D eigenvalue weighted by atomic mass is 35.5. The van der Waals surface area contributed by atoms with E-state index in [2.05, 4.69) is 5.32 Å². The fourth-order valence-corrected chi connectivity index (χ4v) is 1.97. The van der Waals surface area contributed by atoms with Gasteiger partial charge in [0.25, 0.3) is 0 Å². The molecule has 3 heteroatoms. The monoisotopic (exact) mass is 177 g/mol. The number of nitrogens with one attached hydrogen (secondary N) is 1. The van der Waals surface area contributed by atoms with Crippen LogP contribution < -0.4 is 5.32 Å². The maximum atomic E-state index is 5.76. The van der Waals surface area contributed by atoms with Crippen molar-refractivity contribution in [2.75, 3.05) is 19.7 Å². The molecular weight excluding hydrogens is 162 g/mol. The zero-order valence-corrected chi connectivity index (χ0v) is 7.58. The van der Waals surface area contributed by atoms with Crippen molar-refractivity contribution in [2.24, 2.45) is 0 Å². The molecule has 0 aliphatic carbocycles. The van der Waals surface area contributed by atoms with E-state index in [0.29, 0.717) is 0 Å². The summed E-state index contributed by atoms with van der Waals surface area (Å²) >= 11 is 0. The largest absolute Gasteiger partial charge is 0.374 e. The van der Waals surface area contributed by atoms with Crippen LogP contribution in [0.3, 0.4) is 0 Å². The van der Waals surface area contributed by atoms with E-state index in [1.165, 1.54) is 25.7 Å². The predicted octanol–water partition coefficient (Wildman–Crippen LogP) is 1.34. The van der Waals surface area contributed by atoms with E-state index in [4.69, 9.17) is 4.74 Å². The van der Waals surface area contributed by atoms with Gasteiger partial charge in [-0.05, 0) is 32.2 Å². The molecule has 0 saturated carbocycles. The molecule has 2 heterocycles. The van der Waals surface area contributed by atoms with Crippen molar-refractivity contribution >= 4 is 12.4 Å². The molecule has 2 aliphatic heterocycles. The second kappa shape index (κ2) is 3.74. The van der Waals surface area contributed by atoms with Crippen molar-refractivity contribution in [3.8, 4) is 0 Å². The lowest BCUT2D eigenvalue weighted by Gasteiger charge is -2.32. The van der Waals surface area contributed by atoms with E-state index >= 15 is 0 Å². The number of halogens is 1. The van der Waals surface area contributed by atoms with Gasteiger partial charge in [-0.15, -0.1) is 12.4 Å². The maximum Gasteiger partial charge on any atom is 0.0818 e. The summed E-state index contributed by atoms with van der Waals surface area (Å²) in [6.07, 6.45) is 5.14. The van der Waals surface area contributed by atoms with E-state index in [9.17, 15) is 0 Å². The van der Waals surface area contributed by atoms with Crippen LogP contribution in [0.1, 0.15) is 25.7 Å². The van der Waals surface area contributed by atoms with Crippen molar-refractivity contribution < 1.29 is 4.74 Å². The summed E-state index contributed by atoms with van der Waals surface area (Å²) in [5, 5.41) is 3.36. The lowest BCUT2D eigenvalue weighted by Crippen LogP contribution is -2.38. The van der Waals surface area contributed by atoms with Crippen LogP contribution in [0.4, 0.5) is 0 Å². The fourth-order valence-electron chi connectivity index (χ4n) is 1.97. The zero-order chi connectivity index (χ0) is 6.86. The van der Waals surface area contributed by atoms with Gasteiger partial charge in [-0.1, -0.05) is 0 Å². The summed E-state index contributed by atoms with van der Waals surface area (Å²) in [7, 11) is 0. The second-order valence-corrected chi connectivity index (χ2v) is 3.42. The minimum absolute atomic E-state index is 0. The minimum atomic E-state index is 0. The Bertz CT molecular complexity index is 115. The lowest BCUT2D eigenvalue weighted by molar-refractivity contribution is -0.0633. The Kier molecular flexibility index (Phi) is 3.16. The standard InChI is InChI=1S/C8H15NO.ClH/c1-2-6-10-8(3-1)4-5-9-7-8;/h9H,1-7H2;1H. The number of ether oxygens (including phenoxy) is 1. The predicted molar refractivity (Wildman–Crippen MR) is 47.3 cm³/mol. The molecule has 0 radical (unpaired) electrons. The van der Waals surface area contributed by atoms with Crippen LogP contribution in [0, 0.1) is 0 Å². The highest BCUT2D eigenvalue weighted by Gasteiger charge is 2.35. The van der Waals surface area contributed by atoms with E-state index in [1.807, 2.05) is 0 Å². The quantitative estimate of drug-likeness (QED) is 0.603. The van der Waals surface area contributed by atoms with Crippen molar-refractivity contribution in [2.45, 2.75) is 31.3 Å². The second-order valence-electron chi connectivity index (χ2n) is 3.42. The Morgan fingerprint density at radius 3 is 2.64 bits per heavy atom. The van der Waals surface area contributed by atoms with Gasteiger partial charge >= 0.3 is 0 Å².